The molecule has 0 aromatic rings. The van der Waals surface area contributed by atoms with E-state index in [0.29, 0.717) is 32.1 Å². The van der Waals surface area contributed by atoms with Crippen molar-refractivity contribution in [2.45, 2.75) is 186 Å². The molecule has 0 heterocycles. The van der Waals surface area contributed by atoms with Crippen LogP contribution < -0.4 is 0 Å². The van der Waals surface area contributed by atoms with E-state index in [2.05, 4.69) is 23.6 Å². The Morgan fingerprint density at radius 3 is 1.60 bits per heavy atom. The van der Waals surface area contributed by atoms with E-state index in [-0.39, 0.29) is 19.4 Å². The number of hydrogen-bond donors (Lipinski definition) is 4. The molecule has 0 spiro atoms. The van der Waals surface area contributed by atoms with Gasteiger partial charge in [0.15, 0.2) is 6.10 Å². The van der Waals surface area contributed by atoms with Crippen molar-refractivity contribution in [1.29, 1.82) is 0 Å². The molecular weight excluding hydrogens is 755 g/mol. The van der Waals surface area contributed by atoms with Gasteiger partial charge in [-0.3, -0.25) is 14.1 Å². The fourth-order valence-corrected chi connectivity index (χ4v) is 6.11. The van der Waals surface area contributed by atoms with Gasteiger partial charge in [-0.05, 0) is 64.2 Å². The van der Waals surface area contributed by atoms with Crippen LogP contribution in [0, 0.1) is 0 Å². The smallest absolute Gasteiger partial charge is 0.462 e. The predicted octanol–water partition coefficient (Wildman–Crippen LogP) is 11.6. The number of hydrogen-bond acceptors (Lipinski definition) is 8. The van der Waals surface area contributed by atoms with E-state index in [1.807, 2.05) is 43.4 Å². The number of phosphoric acid groups is 1. The summed E-state index contributed by atoms with van der Waals surface area (Å²) in [4.78, 5) is 42.9. The molecule has 332 valence electrons. The highest BCUT2D eigenvalue weighted by atomic mass is 31.2. The van der Waals surface area contributed by atoms with Crippen LogP contribution in [0.25, 0.3) is 0 Å². The molecule has 0 aliphatic rings. The molecule has 0 aromatic carbocycles. The van der Waals surface area contributed by atoms with Gasteiger partial charge in [0.25, 0.3) is 0 Å². The predicted molar refractivity (Wildman–Crippen MR) is 237 cm³/mol. The first-order valence-electron chi connectivity index (χ1n) is 22.1. The van der Waals surface area contributed by atoms with E-state index in [0.717, 1.165) is 25.7 Å². The molecule has 0 aliphatic carbocycles. The van der Waals surface area contributed by atoms with Crippen LogP contribution in [0.15, 0.2) is 85.1 Å². The summed E-state index contributed by atoms with van der Waals surface area (Å²) in [6.07, 6.45) is 48.1. The number of esters is 2. The van der Waals surface area contributed by atoms with Crippen molar-refractivity contribution in [3.63, 3.8) is 0 Å². The maximum Gasteiger partial charge on any atom is 0.469 e. The van der Waals surface area contributed by atoms with Crippen molar-refractivity contribution in [2.24, 2.45) is 0 Å². The van der Waals surface area contributed by atoms with Crippen molar-refractivity contribution in [3.05, 3.63) is 85.1 Å². The Labute approximate surface area is 351 Å². The van der Waals surface area contributed by atoms with Gasteiger partial charge < -0.3 is 29.5 Å². The summed E-state index contributed by atoms with van der Waals surface area (Å²) in [6.45, 7) is 3.34. The van der Waals surface area contributed by atoms with Crippen LogP contribution in [0.4, 0.5) is 0 Å². The summed E-state index contributed by atoms with van der Waals surface area (Å²) in [5, 5.41) is 19.9. The molecule has 3 atom stereocenters. The van der Waals surface area contributed by atoms with Gasteiger partial charge in [0, 0.05) is 12.8 Å². The molecule has 11 heteroatoms. The van der Waals surface area contributed by atoms with Crippen molar-refractivity contribution in [1.82, 2.24) is 0 Å². The van der Waals surface area contributed by atoms with E-state index >= 15 is 0 Å². The van der Waals surface area contributed by atoms with Gasteiger partial charge in [-0.1, -0.05) is 176 Å². The molecule has 10 nitrogen and oxygen atoms in total. The number of ether oxygens (including phenoxy) is 2. The quantitative estimate of drug-likeness (QED) is 0.0154. The fraction of sp³-hybridized carbons (Fsp3) is 0.660. The zero-order chi connectivity index (χ0) is 42.8. The van der Waals surface area contributed by atoms with E-state index < -0.39 is 44.7 Å². The average molecular weight is 835 g/mol. The molecule has 0 unspecified atom stereocenters. The third kappa shape index (κ3) is 42.7. The minimum Gasteiger partial charge on any atom is -0.462 e. The minimum absolute atomic E-state index is 0.0814. The first-order chi connectivity index (χ1) is 28.1. The second-order valence-electron chi connectivity index (χ2n) is 14.7. The average Bonchev–Trinajstić information content (AvgIpc) is 3.18. The lowest BCUT2D eigenvalue weighted by atomic mass is 10.1. The van der Waals surface area contributed by atoms with E-state index in [1.54, 1.807) is 36.5 Å². The molecule has 0 aliphatic heterocycles. The Morgan fingerprint density at radius 1 is 0.552 bits per heavy atom. The zero-order valence-electron chi connectivity index (χ0n) is 35.9. The molecule has 0 bridgehead atoms. The van der Waals surface area contributed by atoms with Gasteiger partial charge in [0.2, 0.25) is 0 Å². The molecular formula is C47H79O10P. The highest BCUT2D eigenvalue weighted by Crippen LogP contribution is 2.36. The standard InChI is InChI=1S/C47H79O10P/c1-3-5-7-8-9-10-11-12-13-14-15-16-17-18-19-20-21-26-34-40-47(51)57-45(42-56-58(52,53)54)41-55-46(50)39-33-25-23-22-24-30-36-44(49)38-32-28-27-31-37-43(48)35-29-6-4-2/h6,12-13,23-25,27-32,37-38,43-45,48-49H,3-5,7-11,14-22,26,33-36,39-42H2,1-2H3,(H2,52,53,54)/b13-12-,25-23-,28-27-,29-6-,30-24-,37-31+,38-32+/t43-,44+,45-/m1/s1. The number of carbonyl (C=O) groups is 2. The number of phosphoric ester groups is 1. The van der Waals surface area contributed by atoms with Gasteiger partial charge in [-0.15, -0.1) is 0 Å². The van der Waals surface area contributed by atoms with Crippen molar-refractivity contribution < 1.29 is 48.2 Å². The highest BCUT2D eigenvalue weighted by Gasteiger charge is 2.22. The Hall–Kier alpha value is -2.85. The molecule has 0 fully saturated rings. The second-order valence-corrected chi connectivity index (χ2v) is 15.9. The Bertz CT molecular complexity index is 1250. The summed E-state index contributed by atoms with van der Waals surface area (Å²) in [6, 6.07) is 0. The summed E-state index contributed by atoms with van der Waals surface area (Å²) >= 11 is 0. The maximum atomic E-state index is 12.4. The number of carbonyl (C=O) groups excluding carboxylic acids is 2. The van der Waals surface area contributed by atoms with Crippen LogP contribution in [0.2, 0.25) is 0 Å². The molecule has 4 N–H and O–H groups in total. The van der Waals surface area contributed by atoms with Crippen LogP contribution in [0.1, 0.15) is 168 Å². The lowest BCUT2D eigenvalue weighted by Gasteiger charge is -2.18. The van der Waals surface area contributed by atoms with Gasteiger partial charge in [0.05, 0.1) is 18.8 Å². The van der Waals surface area contributed by atoms with Crippen LogP contribution in [-0.2, 0) is 28.2 Å². The largest absolute Gasteiger partial charge is 0.469 e. The van der Waals surface area contributed by atoms with Crippen LogP contribution in [0.5, 0.6) is 0 Å². The lowest BCUT2D eigenvalue weighted by Crippen LogP contribution is -2.29. The molecule has 0 amide bonds. The Kier molecular flexibility index (Phi) is 38.9. The third-order valence-corrected chi connectivity index (χ3v) is 9.56. The van der Waals surface area contributed by atoms with Crippen molar-refractivity contribution >= 4 is 19.8 Å². The Morgan fingerprint density at radius 2 is 1.05 bits per heavy atom. The second kappa shape index (κ2) is 40.9. The number of allylic oxidation sites excluding steroid dienone is 10. The van der Waals surface area contributed by atoms with E-state index in [1.165, 1.54) is 83.5 Å². The molecule has 0 rings (SSSR count). The van der Waals surface area contributed by atoms with Gasteiger partial charge >= 0.3 is 19.8 Å². The zero-order valence-corrected chi connectivity index (χ0v) is 36.8. The van der Waals surface area contributed by atoms with Gasteiger partial charge in [-0.2, -0.15) is 0 Å². The highest BCUT2D eigenvalue weighted by molar-refractivity contribution is 7.46. The maximum absolute atomic E-state index is 12.4. The molecule has 58 heavy (non-hydrogen) atoms. The van der Waals surface area contributed by atoms with Crippen LogP contribution in [0.3, 0.4) is 0 Å². The number of aliphatic hydroxyl groups is 2. The summed E-state index contributed by atoms with van der Waals surface area (Å²) < 4.78 is 26.3. The number of aliphatic hydroxyl groups excluding tert-OH is 2. The summed E-state index contributed by atoms with van der Waals surface area (Å²) in [5.74, 6) is -1.06. The number of rotatable bonds is 39. The van der Waals surface area contributed by atoms with Crippen molar-refractivity contribution in [3.8, 4) is 0 Å². The monoisotopic (exact) mass is 835 g/mol. The van der Waals surface area contributed by atoms with Crippen LogP contribution >= 0.6 is 7.82 Å². The summed E-state index contributed by atoms with van der Waals surface area (Å²) in [5.41, 5.74) is 0. The van der Waals surface area contributed by atoms with Crippen molar-refractivity contribution in [2.75, 3.05) is 13.2 Å². The number of unbranched alkanes of at least 4 members (excludes halogenated alkanes) is 15. The molecule has 0 radical (unpaired) electrons. The first kappa shape index (κ1) is 55.2. The summed E-state index contributed by atoms with van der Waals surface area (Å²) in [7, 11) is -4.80. The third-order valence-electron chi connectivity index (χ3n) is 9.08. The normalized spacial score (nSPS) is 14.4. The van der Waals surface area contributed by atoms with E-state index in [4.69, 9.17) is 19.3 Å². The minimum atomic E-state index is -4.80. The SMILES string of the molecule is CC/C=C\C[C@@H](O)/C=C/C=C\C=C\[C@@H](O)C/C=C\C/C=C\CCC(=O)OC[C@H](COP(=O)(O)O)OC(=O)CCCCCCCCCCC/C=C\CCCCCCCC. The lowest BCUT2D eigenvalue weighted by molar-refractivity contribution is -0.161. The van der Waals surface area contributed by atoms with Gasteiger partial charge in [-0.25, -0.2) is 4.57 Å². The van der Waals surface area contributed by atoms with Crippen LogP contribution in [-0.4, -0.2) is 63.5 Å². The molecule has 0 aromatic heterocycles. The molecule has 0 saturated heterocycles. The fourth-order valence-electron chi connectivity index (χ4n) is 5.74. The van der Waals surface area contributed by atoms with E-state index in [9.17, 15) is 24.4 Å². The topological polar surface area (TPSA) is 160 Å². The first-order valence-corrected chi connectivity index (χ1v) is 23.6. The Balaban J connectivity index is 4.13. The molecule has 0 saturated carbocycles. The van der Waals surface area contributed by atoms with Gasteiger partial charge in [0.1, 0.15) is 6.61 Å².